The molecule has 0 aliphatic rings. The van der Waals surface area contributed by atoms with Crippen LogP contribution in [0.2, 0.25) is 0 Å². The number of carboxylic acids is 1. The number of nitrogens with zero attached hydrogens (tertiary/aromatic N) is 1. The van der Waals surface area contributed by atoms with Gasteiger partial charge in [-0.15, -0.1) is 0 Å². The van der Waals surface area contributed by atoms with Crippen LogP contribution in [0, 0.1) is 0 Å². The van der Waals surface area contributed by atoms with E-state index in [1.54, 1.807) is 30.3 Å². The standard InChI is InChI=1S/C16H13NO4/c18-9-21-8-10-4-3-6-12-14(16(19)20)11-5-1-2-7-13(11)17-15(10)12/h1-7,18H,8-9H2,(H,19,20). The van der Waals surface area contributed by atoms with Crippen LogP contribution in [0.1, 0.15) is 15.9 Å². The molecule has 2 aromatic carbocycles. The zero-order valence-corrected chi connectivity index (χ0v) is 11.1. The Morgan fingerprint density at radius 3 is 2.62 bits per heavy atom. The molecule has 0 amide bonds. The predicted molar refractivity (Wildman–Crippen MR) is 78.1 cm³/mol. The molecule has 1 aromatic heterocycles. The molecule has 0 radical (unpaired) electrons. The fourth-order valence-electron chi connectivity index (χ4n) is 2.48. The summed E-state index contributed by atoms with van der Waals surface area (Å²) in [6, 6.07) is 12.5. The zero-order valence-electron chi connectivity index (χ0n) is 11.1. The third kappa shape index (κ3) is 2.33. The number of aliphatic hydroxyl groups excluding tert-OH is 1. The van der Waals surface area contributed by atoms with Crippen LogP contribution in [0.5, 0.6) is 0 Å². The van der Waals surface area contributed by atoms with E-state index in [0.717, 1.165) is 5.56 Å². The normalized spacial score (nSPS) is 11.1. The van der Waals surface area contributed by atoms with Crippen LogP contribution in [0.3, 0.4) is 0 Å². The smallest absolute Gasteiger partial charge is 0.337 e. The van der Waals surface area contributed by atoms with Gasteiger partial charge in [0.1, 0.15) is 6.79 Å². The fraction of sp³-hybridized carbons (Fsp3) is 0.125. The van der Waals surface area contributed by atoms with Gasteiger partial charge in [0.25, 0.3) is 0 Å². The number of benzene rings is 2. The lowest BCUT2D eigenvalue weighted by atomic mass is 10.0. The van der Waals surface area contributed by atoms with Crippen molar-refractivity contribution < 1.29 is 19.7 Å². The van der Waals surface area contributed by atoms with Crippen LogP contribution in [0.15, 0.2) is 42.5 Å². The van der Waals surface area contributed by atoms with Crippen molar-refractivity contribution in [3.8, 4) is 0 Å². The first-order valence-electron chi connectivity index (χ1n) is 6.44. The van der Waals surface area contributed by atoms with E-state index in [4.69, 9.17) is 9.84 Å². The van der Waals surface area contributed by atoms with Gasteiger partial charge in [-0.05, 0) is 6.07 Å². The van der Waals surface area contributed by atoms with E-state index in [0.29, 0.717) is 21.8 Å². The van der Waals surface area contributed by atoms with Crippen molar-refractivity contribution in [2.75, 3.05) is 6.79 Å². The summed E-state index contributed by atoms with van der Waals surface area (Å²) in [5, 5.41) is 19.5. The second-order valence-electron chi connectivity index (χ2n) is 4.60. The number of aromatic carboxylic acids is 1. The van der Waals surface area contributed by atoms with E-state index < -0.39 is 12.8 Å². The van der Waals surface area contributed by atoms with Crippen LogP contribution in [-0.2, 0) is 11.3 Å². The fourth-order valence-corrected chi connectivity index (χ4v) is 2.48. The lowest BCUT2D eigenvalue weighted by Gasteiger charge is -2.10. The molecule has 3 rings (SSSR count). The molecule has 0 saturated heterocycles. The van der Waals surface area contributed by atoms with Gasteiger partial charge in [-0.2, -0.15) is 0 Å². The second kappa shape index (κ2) is 5.47. The highest BCUT2D eigenvalue weighted by atomic mass is 16.6. The Bertz CT molecular complexity index is 829. The highest BCUT2D eigenvalue weighted by Crippen LogP contribution is 2.28. The molecule has 21 heavy (non-hydrogen) atoms. The monoisotopic (exact) mass is 283 g/mol. The van der Waals surface area contributed by atoms with Gasteiger partial charge in [-0.3, -0.25) is 0 Å². The van der Waals surface area contributed by atoms with E-state index in [-0.39, 0.29) is 12.2 Å². The van der Waals surface area contributed by atoms with Crippen molar-refractivity contribution in [3.63, 3.8) is 0 Å². The van der Waals surface area contributed by atoms with Crippen LogP contribution in [0.25, 0.3) is 21.8 Å². The van der Waals surface area contributed by atoms with E-state index in [1.165, 1.54) is 0 Å². The van der Waals surface area contributed by atoms with Gasteiger partial charge >= 0.3 is 5.97 Å². The molecule has 0 fully saturated rings. The average Bonchev–Trinajstić information content (AvgIpc) is 2.50. The Labute approximate surface area is 120 Å². The topological polar surface area (TPSA) is 79.7 Å². The number of fused-ring (bicyclic) bond motifs is 2. The Hall–Kier alpha value is -2.50. The molecule has 0 aliphatic carbocycles. The number of aliphatic hydroxyl groups is 1. The predicted octanol–water partition coefficient (Wildman–Crippen LogP) is 2.55. The Kier molecular flexibility index (Phi) is 3.51. The van der Waals surface area contributed by atoms with Crippen LogP contribution in [0.4, 0.5) is 0 Å². The van der Waals surface area contributed by atoms with Crippen LogP contribution in [-0.4, -0.2) is 28.0 Å². The molecule has 0 bridgehead atoms. The number of carboxylic acid groups (broad SMARTS) is 1. The quantitative estimate of drug-likeness (QED) is 0.568. The lowest BCUT2D eigenvalue weighted by molar-refractivity contribution is -0.0108. The second-order valence-corrected chi connectivity index (χ2v) is 4.60. The molecule has 5 nitrogen and oxygen atoms in total. The minimum absolute atomic E-state index is 0.179. The van der Waals surface area contributed by atoms with E-state index >= 15 is 0 Å². The maximum absolute atomic E-state index is 11.7. The number of carbonyl (C=O) groups is 1. The summed E-state index contributed by atoms with van der Waals surface area (Å²) < 4.78 is 5.01. The van der Waals surface area contributed by atoms with Gasteiger partial charge in [-0.25, -0.2) is 9.78 Å². The maximum Gasteiger partial charge on any atom is 0.337 e. The van der Waals surface area contributed by atoms with Gasteiger partial charge in [0, 0.05) is 16.3 Å². The summed E-state index contributed by atoms with van der Waals surface area (Å²) in [5.41, 5.74) is 2.19. The molecular formula is C16H13NO4. The molecule has 0 spiro atoms. The first kappa shape index (κ1) is 13.5. The summed E-state index contributed by atoms with van der Waals surface area (Å²) in [7, 11) is 0. The molecule has 106 valence electrons. The minimum Gasteiger partial charge on any atom is -0.478 e. The van der Waals surface area contributed by atoms with Crippen molar-refractivity contribution in [2.24, 2.45) is 0 Å². The van der Waals surface area contributed by atoms with Crippen molar-refractivity contribution in [3.05, 3.63) is 53.6 Å². The number of rotatable bonds is 4. The van der Waals surface area contributed by atoms with E-state index in [2.05, 4.69) is 4.98 Å². The van der Waals surface area contributed by atoms with Crippen molar-refractivity contribution in [1.82, 2.24) is 4.98 Å². The third-order valence-electron chi connectivity index (χ3n) is 3.36. The Morgan fingerprint density at radius 2 is 1.86 bits per heavy atom. The summed E-state index contributed by atoms with van der Waals surface area (Å²) in [6.45, 7) is -0.214. The van der Waals surface area contributed by atoms with Gasteiger partial charge in [0.2, 0.25) is 0 Å². The number of hydrogen-bond donors (Lipinski definition) is 2. The Morgan fingerprint density at radius 1 is 1.10 bits per heavy atom. The first-order valence-corrected chi connectivity index (χ1v) is 6.44. The molecule has 0 aliphatic heterocycles. The summed E-state index contributed by atoms with van der Waals surface area (Å²) in [4.78, 5) is 16.2. The first-order chi connectivity index (χ1) is 10.2. The number of pyridine rings is 1. The third-order valence-corrected chi connectivity index (χ3v) is 3.36. The van der Waals surface area contributed by atoms with Crippen molar-refractivity contribution in [1.29, 1.82) is 0 Å². The summed E-state index contributed by atoms with van der Waals surface area (Å²) in [5.74, 6) is -0.987. The van der Waals surface area contributed by atoms with Crippen molar-refractivity contribution >= 4 is 27.8 Å². The van der Waals surface area contributed by atoms with Gasteiger partial charge in [0.15, 0.2) is 0 Å². The van der Waals surface area contributed by atoms with Gasteiger partial charge in [-0.1, -0.05) is 36.4 Å². The molecule has 0 atom stereocenters. The molecule has 5 heteroatoms. The van der Waals surface area contributed by atoms with Crippen LogP contribution < -0.4 is 0 Å². The van der Waals surface area contributed by atoms with Gasteiger partial charge in [0.05, 0.1) is 23.2 Å². The SMILES string of the molecule is O=C(O)c1c2ccccc2nc2c(COCO)cccc12. The summed E-state index contributed by atoms with van der Waals surface area (Å²) in [6.07, 6.45) is 0. The number of aromatic nitrogens is 1. The largest absolute Gasteiger partial charge is 0.478 e. The van der Waals surface area contributed by atoms with Gasteiger partial charge < -0.3 is 14.9 Å². The lowest BCUT2D eigenvalue weighted by Crippen LogP contribution is -2.03. The number of ether oxygens (including phenoxy) is 1. The zero-order chi connectivity index (χ0) is 14.8. The van der Waals surface area contributed by atoms with Crippen molar-refractivity contribution in [2.45, 2.75) is 6.61 Å². The molecule has 0 saturated carbocycles. The van der Waals surface area contributed by atoms with Crippen LogP contribution >= 0.6 is 0 Å². The summed E-state index contributed by atoms with van der Waals surface area (Å²) >= 11 is 0. The molecule has 1 heterocycles. The number of hydrogen-bond acceptors (Lipinski definition) is 4. The molecule has 2 N–H and O–H groups in total. The van der Waals surface area contributed by atoms with E-state index in [1.807, 2.05) is 12.1 Å². The molecular weight excluding hydrogens is 270 g/mol. The highest BCUT2D eigenvalue weighted by molar-refractivity contribution is 6.14. The molecule has 0 unspecified atom stereocenters. The maximum atomic E-state index is 11.7. The van der Waals surface area contributed by atoms with E-state index in [9.17, 15) is 9.90 Å². The molecule has 3 aromatic rings. The average molecular weight is 283 g/mol. The highest BCUT2D eigenvalue weighted by Gasteiger charge is 2.16. The number of para-hydroxylation sites is 2. The minimum atomic E-state index is -0.987. The Balaban J connectivity index is 2.39.